The average Bonchev–Trinajstić information content (AvgIpc) is 3.92. The Labute approximate surface area is 391 Å². The van der Waals surface area contributed by atoms with E-state index in [1.165, 1.54) is 54.3 Å². The standard InChI is InChI=1S/C63H39N5/c1-3-16-40(17-4-1)45-23-15-24-47(37-45)67-57-34-32-42-19-9-10-25-48(42)60(57)54-38-53-51-28-13-14-29-55(51)68(58(53)39-59(54)67)56-35-33-52(49-26-11-12-27-50(49)56)63-65-61(43-20-5-2-6-21-43)64-62(66-63)46-31-30-41-18-7-8-22-44(41)36-46/h1-39H. The third-order valence-corrected chi connectivity index (χ3v) is 13.7. The minimum Gasteiger partial charge on any atom is -0.309 e. The summed E-state index contributed by atoms with van der Waals surface area (Å²) < 4.78 is 4.92. The second-order valence-corrected chi connectivity index (χ2v) is 17.6. The molecule has 0 saturated carbocycles. The first-order valence-corrected chi connectivity index (χ1v) is 23.1. The van der Waals surface area contributed by atoms with Gasteiger partial charge in [-0.1, -0.05) is 182 Å². The molecule has 0 spiro atoms. The van der Waals surface area contributed by atoms with Gasteiger partial charge in [-0.15, -0.1) is 0 Å². The van der Waals surface area contributed by atoms with Crippen LogP contribution in [0.1, 0.15) is 0 Å². The third-order valence-electron chi connectivity index (χ3n) is 13.7. The zero-order chi connectivity index (χ0) is 44.7. The quantitative estimate of drug-likeness (QED) is 0.167. The van der Waals surface area contributed by atoms with Gasteiger partial charge in [-0.3, -0.25) is 0 Å². The molecule has 0 radical (unpaired) electrons. The molecule has 0 fully saturated rings. The normalized spacial score (nSPS) is 11.8. The van der Waals surface area contributed by atoms with Crippen molar-refractivity contribution in [3.8, 4) is 56.7 Å². The van der Waals surface area contributed by atoms with E-state index in [9.17, 15) is 0 Å². The first-order valence-electron chi connectivity index (χ1n) is 23.1. The number of nitrogens with zero attached hydrogens (tertiary/aromatic N) is 5. The molecule has 14 aromatic rings. The van der Waals surface area contributed by atoms with Gasteiger partial charge in [0.25, 0.3) is 0 Å². The monoisotopic (exact) mass is 865 g/mol. The molecule has 0 bridgehead atoms. The molecule has 0 aliphatic carbocycles. The lowest BCUT2D eigenvalue weighted by molar-refractivity contribution is 1.08. The number of para-hydroxylation sites is 1. The summed E-state index contributed by atoms with van der Waals surface area (Å²) in [6, 6.07) is 84.8. The van der Waals surface area contributed by atoms with Crippen LogP contribution < -0.4 is 0 Å². The summed E-state index contributed by atoms with van der Waals surface area (Å²) in [5, 5.41) is 11.8. The topological polar surface area (TPSA) is 48.5 Å². The lowest BCUT2D eigenvalue weighted by atomic mass is 10.0. The van der Waals surface area contributed by atoms with Crippen LogP contribution >= 0.6 is 0 Å². The van der Waals surface area contributed by atoms with E-state index in [0.29, 0.717) is 17.5 Å². The summed E-state index contributed by atoms with van der Waals surface area (Å²) >= 11 is 0. The molecule has 0 unspecified atom stereocenters. The Morgan fingerprint density at radius 2 is 0.882 bits per heavy atom. The highest BCUT2D eigenvalue weighted by atomic mass is 15.0. The Morgan fingerprint density at radius 3 is 1.71 bits per heavy atom. The van der Waals surface area contributed by atoms with E-state index in [4.69, 9.17) is 15.0 Å². The molecule has 0 atom stereocenters. The molecule has 3 heterocycles. The van der Waals surface area contributed by atoms with Crippen LogP contribution in [0.2, 0.25) is 0 Å². The molecular formula is C63H39N5. The average molecular weight is 866 g/mol. The molecule has 0 amide bonds. The summed E-state index contributed by atoms with van der Waals surface area (Å²) in [4.78, 5) is 15.6. The second-order valence-electron chi connectivity index (χ2n) is 17.6. The van der Waals surface area contributed by atoms with Gasteiger partial charge in [0, 0.05) is 49.3 Å². The van der Waals surface area contributed by atoms with Gasteiger partial charge in [0.2, 0.25) is 0 Å². The summed E-state index contributed by atoms with van der Waals surface area (Å²) in [6.07, 6.45) is 0. The molecule has 5 nitrogen and oxygen atoms in total. The van der Waals surface area contributed by atoms with Gasteiger partial charge < -0.3 is 9.13 Å². The Morgan fingerprint density at radius 1 is 0.265 bits per heavy atom. The molecule has 0 N–H and O–H groups in total. The summed E-state index contributed by atoms with van der Waals surface area (Å²) in [7, 11) is 0. The van der Waals surface area contributed by atoms with Crippen molar-refractivity contribution in [2.75, 3.05) is 0 Å². The largest absolute Gasteiger partial charge is 0.309 e. The zero-order valence-corrected chi connectivity index (χ0v) is 36.8. The highest BCUT2D eigenvalue weighted by Gasteiger charge is 2.22. The molecule has 14 rings (SSSR count). The van der Waals surface area contributed by atoms with Crippen LogP contribution in [0, 0.1) is 0 Å². The highest BCUT2D eigenvalue weighted by Crippen LogP contribution is 2.44. The van der Waals surface area contributed by atoms with Gasteiger partial charge in [0.1, 0.15) is 0 Å². The Balaban J connectivity index is 1.02. The van der Waals surface area contributed by atoms with Gasteiger partial charge in [-0.05, 0) is 92.7 Å². The number of hydrogen-bond donors (Lipinski definition) is 0. The third kappa shape index (κ3) is 5.99. The lowest BCUT2D eigenvalue weighted by Crippen LogP contribution is -2.02. The Bertz CT molecular complexity index is 4320. The maximum atomic E-state index is 5.26. The predicted octanol–water partition coefficient (Wildman–Crippen LogP) is 16.2. The van der Waals surface area contributed by atoms with Gasteiger partial charge in [0.15, 0.2) is 17.5 Å². The molecule has 68 heavy (non-hydrogen) atoms. The van der Waals surface area contributed by atoms with Gasteiger partial charge >= 0.3 is 0 Å². The van der Waals surface area contributed by atoms with Crippen LogP contribution in [0.5, 0.6) is 0 Å². The zero-order valence-electron chi connectivity index (χ0n) is 36.8. The van der Waals surface area contributed by atoms with Crippen molar-refractivity contribution in [1.29, 1.82) is 0 Å². The summed E-state index contributed by atoms with van der Waals surface area (Å²) in [6.45, 7) is 0. The molecule has 316 valence electrons. The van der Waals surface area contributed by atoms with Crippen molar-refractivity contribution in [2.45, 2.75) is 0 Å². The number of rotatable bonds is 6. The molecule has 3 aromatic heterocycles. The van der Waals surface area contributed by atoms with Gasteiger partial charge in [0.05, 0.1) is 27.8 Å². The lowest BCUT2D eigenvalue weighted by Gasteiger charge is -2.15. The van der Waals surface area contributed by atoms with E-state index >= 15 is 0 Å². The van der Waals surface area contributed by atoms with Gasteiger partial charge in [-0.2, -0.15) is 0 Å². The van der Waals surface area contributed by atoms with Crippen molar-refractivity contribution in [1.82, 2.24) is 24.1 Å². The number of hydrogen-bond acceptors (Lipinski definition) is 3. The van der Waals surface area contributed by atoms with Crippen LogP contribution in [0.3, 0.4) is 0 Å². The first kappa shape index (κ1) is 38.1. The summed E-state index contributed by atoms with van der Waals surface area (Å²) in [5.74, 6) is 1.90. The Kier molecular flexibility index (Phi) is 8.52. The maximum Gasteiger partial charge on any atom is 0.164 e. The number of aromatic nitrogens is 5. The highest BCUT2D eigenvalue weighted by molar-refractivity contribution is 6.25. The fourth-order valence-corrected chi connectivity index (χ4v) is 10.6. The smallest absolute Gasteiger partial charge is 0.164 e. The van der Waals surface area contributed by atoms with Crippen molar-refractivity contribution >= 4 is 75.9 Å². The SMILES string of the molecule is c1ccc(-c2cccc(-n3c4cc5c(cc4c4c6ccccc6ccc43)c3ccccc3n5-c3ccc(-c4nc(-c5ccccc5)nc(-c5ccc6ccccc6c5)n4)c4ccccc34)c2)cc1. The predicted molar refractivity (Wildman–Crippen MR) is 283 cm³/mol. The number of fused-ring (bicyclic) bond motifs is 10. The molecule has 11 aromatic carbocycles. The van der Waals surface area contributed by atoms with Crippen LogP contribution in [0.15, 0.2) is 237 Å². The molecule has 0 saturated heterocycles. The van der Waals surface area contributed by atoms with Crippen LogP contribution in [0.25, 0.3) is 133 Å². The van der Waals surface area contributed by atoms with Crippen LogP contribution in [-0.2, 0) is 0 Å². The van der Waals surface area contributed by atoms with E-state index in [0.717, 1.165) is 60.8 Å². The minimum atomic E-state index is 0.628. The van der Waals surface area contributed by atoms with E-state index in [-0.39, 0.29) is 0 Å². The van der Waals surface area contributed by atoms with Gasteiger partial charge in [-0.25, -0.2) is 15.0 Å². The van der Waals surface area contributed by atoms with Crippen molar-refractivity contribution in [3.63, 3.8) is 0 Å². The maximum absolute atomic E-state index is 5.26. The van der Waals surface area contributed by atoms with Crippen molar-refractivity contribution in [2.24, 2.45) is 0 Å². The van der Waals surface area contributed by atoms with Crippen LogP contribution in [-0.4, -0.2) is 24.1 Å². The first-order chi connectivity index (χ1) is 33.7. The van der Waals surface area contributed by atoms with Crippen LogP contribution in [0.4, 0.5) is 0 Å². The molecular weight excluding hydrogens is 827 g/mol. The minimum absolute atomic E-state index is 0.628. The van der Waals surface area contributed by atoms with E-state index in [1.807, 2.05) is 18.2 Å². The Hall–Kier alpha value is -9.19. The van der Waals surface area contributed by atoms with Crippen molar-refractivity contribution < 1.29 is 0 Å². The molecule has 5 heteroatoms. The number of benzene rings is 11. The molecule has 0 aliphatic rings. The van der Waals surface area contributed by atoms with E-state index in [2.05, 4.69) is 228 Å². The van der Waals surface area contributed by atoms with E-state index in [1.54, 1.807) is 0 Å². The van der Waals surface area contributed by atoms with E-state index < -0.39 is 0 Å². The fraction of sp³-hybridized carbons (Fsp3) is 0. The fourth-order valence-electron chi connectivity index (χ4n) is 10.6. The molecule has 0 aliphatic heterocycles. The summed E-state index contributed by atoms with van der Waals surface area (Å²) in [5.41, 5.74) is 12.0. The van der Waals surface area contributed by atoms with Crippen molar-refractivity contribution in [3.05, 3.63) is 237 Å². The second kappa shape index (κ2) is 15.2.